The lowest BCUT2D eigenvalue weighted by Crippen LogP contribution is -2.41. The zero-order valence-electron chi connectivity index (χ0n) is 12.6. The summed E-state index contributed by atoms with van der Waals surface area (Å²) in [5, 5.41) is 0. The van der Waals surface area contributed by atoms with Gasteiger partial charge in [0, 0.05) is 6.08 Å². The van der Waals surface area contributed by atoms with Crippen LogP contribution in [0.3, 0.4) is 0 Å². The molecule has 1 fully saturated rings. The smallest absolute Gasteiger partial charge is 0.398 e. The number of H-pyrrole nitrogens is 1. The first-order valence-electron chi connectivity index (χ1n) is 6.96. The number of aromatic nitrogens is 2. The third-order valence-corrected chi connectivity index (χ3v) is 4.16. The Labute approximate surface area is 123 Å². The quantitative estimate of drug-likeness (QED) is 0.860. The van der Waals surface area contributed by atoms with E-state index in [0.717, 1.165) is 11.0 Å². The van der Waals surface area contributed by atoms with Gasteiger partial charge in [-0.2, -0.15) is 0 Å². The van der Waals surface area contributed by atoms with Gasteiger partial charge in [0.2, 0.25) is 0 Å². The van der Waals surface area contributed by atoms with Crippen LogP contribution in [-0.4, -0.2) is 28.3 Å². The van der Waals surface area contributed by atoms with Gasteiger partial charge in [-0.1, -0.05) is 12.1 Å². The highest BCUT2D eigenvalue weighted by Crippen LogP contribution is 2.38. The van der Waals surface area contributed by atoms with Gasteiger partial charge in [0.1, 0.15) is 11.6 Å². The second-order valence-electron chi connectivity index (χ2n) is 6.26. The third-order valence-electron chi connectivity index (χ3n) is 4.16. The number of rotatable bonds is 2. The first kappa shape index (κ1) is 14.3. The normalized spacial score (nSPS) is 21.2. The molecule has 0 atom stereocenters. The molecular formula is C15H18BFN2O2. The second-order valence-corrected chi connectivity index (χ2v) is 6.26. The number of benzene rings is 1. The maximum atomic E-state index is 14.4. The van der Waals surface area contributed by atoms with Crippen LogP contribution in [0.5, 0.6) is 0 Å². The van der Waals surface area contributed by atoms with Crippen LogP contribution in [0.1, 0.15) is 33.5 Å². The molecule has 2 heterocycles. The van der Waals surface area contributed by atoms with Crippen molar-refractivity contribution in [1.82, 2.24) is 9.97 Å². The summed E-state index contributed by atoms with van der Waals surface area (Å²) < 4.78 is 25.7. The molecule has 0 unspecified atom stereocenters. The van der Waals surface area contributed by atoms with Crippen molar-refractivity contribution in [2.45, 2.75) is 38.9 Å². The van der Waals surface area contributed by atoms with E-state index >= 15 is 0 Å². The van der Waals surface area contributed by atoms with Crippen molar-refractivity contribution >= 4 is 24.2 Å². The molecule has 0 bridgehead atoms. The standard InChI is InChI=1S/C15H18BFN2O2/c1-14(2)15(3,4)21-16(20-14)12(17)9-13-18-10-7-5-6-8-11(10)19-13/h5-9H,1-4H3,(H,18,19). The zero-order chi connectivity index (χ0) is 15.3. The summed E-state index contributed by atoms with van der Waals surface area (Å²) in [6, 6.07) is 7.56. The number of aromatic amines is 1. The molecule has 3 rings (SSSR count). The van der Waals surface area contributed by atoms with Crippen molar-refractivity contribution in [3.63, 3.8) is 0 Å². The minimum Gasteiger partial charge on any atom is -0.398 e. The lowest BCUT2D eigenvalue weighted by Gasteiger charge is -2.32. The number of hydrogen-bond acceptors (Lipinski definition) is 3. The Balaban J connectivity index is 1.87. The Hall–Kier alpha value is -1.66. The number of fused-ring (bicyclic) bond motifs is 1. The Morgan fingerprint density at radius 3 is 2.43 bits per heavy atom. The van der Waals surface area contributed by atoms with Gasteiger partial charge in [-0.3, -0.25) is 0 Å². The molecular weight excluding hydrogens is 270 g/mol. The third kappa shape index (κ3) is 2.49. The highest BCUT2D eigenvalue weighted by molar-refractivity contribution is 6.54. The van der Waals surface area contributed by atoms with Crippen LogP contribution in [0.4, 0.5) is 4.39 Å². The molecule has 1 aromatic carbocycles. The molecule has 1 aromatic heterocycles. The number of nitrogens with one attached hydrogen (secondary N) is 1. The summed E-state index contributed by atoms with van der Waals surface area (Å²) in [5.74, 6) is 0.448. The van der Waals surface area contributed by atoms with Crippen molar-refractivity contribution in [1.29, 1.82) is 0 Å². The second kappa shape index (κ2) is 4.68. The molecule has 2 aromatic rings. The SMILES string of the molecule is CC1(C)OB(C(F)=Cc2nc3ccccc3[nH]2)OC1(C)C. The van der Waals surface area contributed by atoms with E-state index in [1.807, 2.05) is 52.0 Å². The molecule has 110 valence electrons. The van der Waals surface area contributed by atoms with Crippen molar-refractivity contribution in [3.05, 3.63) is 35.8 Å². The van der Waals surface area contributed by atoms with Crippen molar-refractivity contribution in [2.75, 3.05) is 0 Å². The van der Waals surface area contributed by atoms with E-state index in [1.165, 1.54) is 6.08 Å². The van der Waals surface area contributed by atoms with Gasteiger partial charge in [0.15, 0.2) is 0 Å². The molecule has 6 heteroatoms. The molecule has 1 N–H and O–H groups in total. The van der Waals surface area contributed by atoms with Crippen molar-refractivity contribution < 1.29 is 13.7 Å². The Morgan fingerprint density at radius 1 is 1.19 bits per heavy atom. The topological polar surface area (TPSA) is 47.1 Å². The number of imidazole rings is 1. The molecule has 0 aliphatic carbocycles. The molecule has 0 radical (unpaired) electrons. The zero-order valence-corrected chi connectivity index (χ0v) is 12.6. The van der Waals surface area contributed by atoms with Gasteiger partial charge >= 0.3 is 7.12 Å². The van der Waals surface area contributed by atoms with Gasteiger partial charge in [-0.05, 0) is 39.8 Å². The Kier molecular flexibility index (Phi) is 3.18. The lowest BCUT2D eigenvalue weighted by atomic mass is 9.88. The van der Waals surface area contributed by atoms with E-state index < -0.39 is 24.0 Å². The van der Waals surface area contributed by atoms with Gasteiger partial charge < -0.3 is 14.3 Å². The number of para-hydroxylation sites is 2. The van der Waals surface area contributed by atoms with E-state index in [4.69, 9.17) is 9.31 Å². The summed E-state index contributed by atoms with van der Waals surface area (Å²) in [6.07, 6.45) is 1.32. The van der Waals surface area contributed by atoms with Crippen LogP contribution >= 0.6 is 0 Å². The van der Waals surface area contributed by atoms with Gasteiger partial charge in [-0.25, -0.2) is 9.37 Å². The molecule has 0 spiro atoms. The molecule has 0 saturated carbocycles. The molecule has 1 saturated heterocycles. The van der Waals surface area contributed by atoms with Crippen molar-refractivity contribution in [3.8, 4) is 0 Å². The summed E-state index contributed by atoms with van der Waals surface area (Å²) in [4.78, 5) is 7.37. The fourth-order valence-electron chi connectivity index (χ4n) is 2.20. The van der Waals surface area contributed by atoms with Crippen LogP contribution in [0.25, 0.3) is 17.1 Å². The largest absolute Gasteiger partial charge is 0.525 e. The Morgan fingerprint density at radius 2 is 1.81 bits per heavy atom. The van der Waals surface area contributed by atoms with Crippen LogP contribution in [0, 0.1) is 0 Å². The van der Waals surface area contributed by atoms with Crippen LogP contribution < -0.4 is 0 Å². The maximum absolute atomic E-state index is 14.4. The molecule has 4 nitrogen and oxygen atoms in total. The van der Waals surface area contributed by atoms with Crippen LogP contribution in [0.2, 0.25) is 0 Å². The summed E-state index contributed by atoms with van der Waals surface area (Å²) in [5.41, 5.74) is 0.0524. The van der Waals surface area contributed by atoms with E-state index in [2.05, 4.69) is 9.97 Å². The van der Waals surface area contributed by atoms with Crippen LogP contribution in [0.15, 0.2) is 30.0 Å². The Bertz CT molecular complexity index is 660. The van der Waals surface area contributed by atoms with Crippen molar-refractivity contribution in [2.24, 2.45) is 0 Å². The minimum absolute atomic E-state index is 0.448. The number of hydrogen-bond donors (Lipinski definition) is 1. The predicted octanol–water partition coefficient (Wildman–Crippen LogP) is 3.50. The monoisotopic (exact) mass is 288 g/mol. The molecule has 1 aliphatic rings. The first-order valence-corrected chi connectivity index (χ1v) is 6.96. The minimum atomic E-state index is -0.997. The summed E-state index contributed by atoms with van der Waals surface area (Å²) in [6.45, 7) is 7.56. The number of nitrogens with zero attached hydrogens (tertiary/aromatic N) is 1. The number of halogens is 1. The maximum Gasteiger partial charge on any atom is 0.525 e. The van der Waals surface area contributed by atoms with E-state index in [1.54, 1.807) is 0 Å². The van der Waals surface area contributed by atoms with Gasteiger partial charge in [-0.15, -0.1) is 0 Å². The highest BCUT2D eigenvalue weighted by Gasteiger charge is 2.53. The average molecular weight is 288 g/mol. The van der Waals surface area contributed by atoms with Crippen LogP contribution in [-0.2, 0) is 9.31 Å². The fraction of sp³-hybridized carbons (Fsp3) is 0.400. The van der Waals surface area contributed by atoms with E-state index in [0.29, 0.717) is 5.82 Å². The molecule has 0 amide bonds. The predicted molar refractivity (Wildman–Crippen MR) is 81.3 cm³/mol. The average Bonchev–Trinajstić information content (AvgIpc) is 2.87. The fourth-order valence-corrected chi connectivity index (χ4v) is 2.20. The highest BCUT2D eigenvalue weighted by atomic mass is 19.1. The molecule has 21 heavy (non-hydrogen) atoms. The summed E-state index contributed by atoms with van der Waals surface area (Å²) >= 11 is 0. The molecule has 1 aliphatic heterocycles. The van der Waals surface area contributed by atoms with E-state index in [-0.39, 0.29) is 0 Å². The van der Waals surface area contributed by atoms with Gasteiger partial charge in [0.05, 0.1) is 22.2 Å². The van der Waals surface area contributed by atoms with E-state index in [9.17, 15) is 4.39 Å². The lowest BCUT2D eigenvalue weighted by molar-refractivity contribution is 0.00578. The first-order chi connectivity index (χ1) is 9.78. The summed E-state index contributed by atoms with van der Waals surface area (Å²) in [7, 11) is -0.997. The van der Waals surface area contributed by atoms with Gasteiger partial charge in [0.25, 0.3) is 0 Å².